The Hall–Kier alpha value is -3.94. The smallest absolute Gasteiger partial charge is 0.237 e. The van der Waals surface area contributed by atoms with E-state index < -0.39 is 0 Å². The van der Waals surface area contributed by atoms with E-state index in [4.69, 9.17) is 31.1 Å². The number of ether oxygens (including phenoxy) is 2. The molecule has 3 aromatic rings. The van der Waals surface area contributed by atoms with Gasteiger partial charge in [-0.1, -0.05) is 23.7 Å². The molecular weight excluding hydrogens is 486 g/mol. The van der Waals surface area contributed by atoms with Crippen molar-refractivity contribution >= 4 is 34.0 Å². The van der Waals surface area contributed by atoms with Crippen LogP contribution in [0.25, 0.3) is 28.1 Å². The molecule has 186 valence electrons. The number of benzene rings is 3. The van der Waals surface area contributed by atoms with Crippen molar-refractivity contribution in [3.05, 3.63) is 89.4 Å². The Morgan fingerprint density at radius 3 is 2.62 bits per heavy atom. The molecule has 3 heterocycles. The zero-order chi connectivity index (χ0) is 25.2. The first kappa shape index (κ1) is 23.5. The first-order chi connectivity index (χ1) is 18.2. The molecule has 37 heavy (non-hydrogen) atoms. The SMILES string of the molecule is COc1ncccc1Nc1cc2nc3ccccc3n(-c3ccc(Cl)cc3)c-2c/c1=N\C1CCOCC1. The molecule has 0 atom stereocenters. The van der Waals surface area contributed by atoms with Crippen molar-refractivity contribution in [3.63, 3.8) is 0 Å². The topological polar surface area (TPSA) is 73.6 Å². The molecule has 0 radical (unpaired) electrons. The maximum absolute atomic E-state index is 6.22. The van der Waals surface area contributed by atoms with Gasteiger partial charge in [0.05, 0.1) is 46.6 Å². The van der Waals surface area contributed by atoms with E-state index in [1.54, 1.807) is 13.3 Å². The lowest BCUT2D eigenvalue weighted by Crippen LogP contribution is -2.23. The summed E-state index contributed by atoms with van der Waals surface area (Å²) in [6, 6.07) is 24.2. The molecule has 1 saturated heterocycles. The lowest BCUT2D eigenvalue weighted by Gasteiger charge is -2.22. The summed E-state index contributed by atoms with van der Waals surface area (Å²) < 4.78 is 13.3. The summed E-state index contributed by atoms with van der Waals surface area (Å²) >= 11 is 6.22. The van der Waals surface area contributed by atoms with E-state index in [1.165, 1.54) is 0 Å². The number of halogens is 1. The van der Waals surface area contributed by atoms with Crippen molar-refractivity contribution in [3.8, 4) is 23.0 Å². The van der Waals surface area contributed by atoms with Crippen molar-refractivity contribution in [2.24, 2.45) is 4.99 Å². The second kappa shape index (κ2) is 10.2. The van der Waals surface area contributed by atoms with Crippen LogP contribution >= 0.6 is 11.6 Å². The highest BCUT2D eigenvalue weighted by molar-refractivity contribution is 6.30. The average Bonchev–Trinajstić information content (AvgIpc) is 2.94. The van der Waals surface area contributed by atoms with Crippen molar-refractivity contribution in [2.45, 2.75) is 18.9 Å². The third-order valence-corrected chi connectivity index (χ3v) is 6.78. The normalized spacial score (nSPS) is 14.8. The molecule has 1 N–H and O–H groups in total. The van der Waals surface area contributed by atoms with E-state index in [2.05, 4.69) is 33.1 Å². The van der Waals surface area contributed by atoms with E-state index in [0.717, 1.165) is 70.9 Å². The van der Waals surface area contributed by atoms with Crippen LogP contribution in [0.15, 0.2) is 84.0 Å². The number of hydrogen-bond donors (Lipinski definition) is 1. The van der Waals surface area contributed by atoms with Gasteiger partial charge in [-0.3, -0.25) is 4.99 Å². The molecule has 3 aliphatic rings. The van der Waals surface area contributed by atoms with Crippen LogP contribution in [0.4, 0.5) is 11.4 Å². The molecular formula is C29H26ClN5O2. The minimum absolute atomic E-state index is 0.181. The summed E-state index contributed by atoms with van der Waals surface area (Å²) in [5.41, 5.74) is 6.29. The summed E-state index contributed by atoms with van der Waals surface area (Å²) in [6.07, 6.45) is 3.49. The lowest BCUT2D eigenvalue weighted by molar-refractivity contribution is 0.0864. The molecule has 0 bridgehead atoms. The van der Waals surface area contributed by atoms with Gasteiger partial charge in [0.2, 0.25) is 5.88 Å². The number of pyridine rings is 1. The van der Waals surface area contributed by atoms with Crippen molar-refractivity contribution in [2.75, 3.05) is 25.6 Å². The largest absolute Gasteiger partial charge is 0.480 e. The Morgan fingerprint density at radius 1 is 1.00 bits per heavy atom. The molecule has 6 rings (SSSR count). The average molecular weight is 512 g/mol. The van der Waals surface area contributed by atoms with E-state index in [9.17, 15) is 0 Å². The van der Waals surface area contributed by atoms with Gasteiger partial charge >= 0.3 is 0 Å². The predicted octanol–water partition coefficient (Wildman–Crippen LogP) is 6.01. The first-order valence-electron chi connectivity index (χ1n) is 12.3. The monoisotopic (exact) mass is 511 g/mol. The van der Waals surface area contributed by atoms with Gasteiger partial charge in [-0.05, 0) is 73.5 Å². The third kappa shape index (κ3) is 4.75. The molecule has 1 aliphatic carbocycles. The van der Waals surface area contributed by atoms with E-state index in [-0.39, 0.29) is 6.04 Å². The molecule has 7 nitrogen and oxygen atoms in total. The third-order valence-electron chi connectivity index (χ3n) is 6.53. The number of hydrogen-bond acceptors (Lipinski definition) is 6. The quantitative estimate of drug-likeness (QED) is 0.292. The standard InChI is InChI=1S/C29H26ClN5O2/c1-36-29-23(6-4-14-31-29)34-24-17-26-28(18-25(24)32-20-12-15-37-16-13-20)35(21-10-8-19(30)9-11-21)27-7-3-2-5-22(27)33-26/h2-11,14,17-18,20,34H,12-13,15-16H2,1H3/b32-25+. The van der Waals surface area contributed by atoms with Gasteiger partial charge < -0.3 is 19.4 Å². The molecule has 0 spiro atoms. The molecule has 8 heteroatoms. The second-order valence-corrected chi connectivity index (χ2v) is 9.36. The summed E-state index contributed by atoms with van der Waals surface area (Å²) in [5.74, 6) is 0.516. The summed E-state index contributed by atoms with van der Waals surface area (Å²) in [7, 11) is 1.62. The predicted molar refractivity (Wildman–Crippen MR) is 146 cm³/mol. The number of rotatable bonds is 5. The minimum atomic E-state index is 0.181. The number of methoxy groups -OCH3 is 1. The van der Waals surface area contributed by atoms with Crippen LogP contribution in [0, 0.1) is 0 Å². The summed E-state index contributed by atoms with van der Waals surface area (Å²) in [5, 5.41) is 5.05. The number of para-hydroxylation sites is 2. The maximum Gasteiger partial charge on any atom is 0.237 e. The van der Waals surface area contributed by atoms with Crippen LogP contribution in [0.1, 0.15) is 12.8 Å². The highest BCUT2D eigenvalue weighted by atomic mass is 35.5. The fraction of sp³-hybridized carbons (Fsp3) is 0.207. The van der Waals surface area contributed by atoms with Gasteiger partial charge in [0, 0.05) is 30.1 Å². The minimum Gasteiger partial charge on any atom is -0.480 e. The maximum atomic E-state index is 6.22. The van der Waals surface area contributed by atoms with Crippen LogP contribution in [-0.4, -0.2) is 40.9 Å². The highest BCUT2D eigenvalue weighted by Crippen LogP contribution is 2.32. The zero-order valence-corrected chi connectivity index (χ0v) is 21.2. The van der Waals surface area contributed by atoms with E-state index in [1.807, 2.05) is 54.6 Å². The Labute approximate surface area is 219 Å². The van der Waals surface area contributed by atoms with Gasteiger partial charge in [-0.25, -0.2) is 9.97 Å². The molecule has 0 amide bonds. The van der Waals surface area contributed by atoms with Crippen LogP contribution in [0.2, 0.25) is 5.02 Å². The van der Waals surface area contributed by atoms with E-state index in [0.29, 0.717) is 10.9 Å². The van der Waals surface area contributed by atoms with Gasteiger partial charge in [0.15, 0.2) is 0 Å². The van der Waals surface area contributed by atoms with Crippen molar-refractivity contribution in [1.29, 1.82) is 0 Å². The van der Waals surface area contributed by atoms with Crippen LogP contribution < -0.4 is 15.4 Å². The fourth-order valence-corrected chi connectivity index (χ4v) is 4.85. The number of aromatic nitrogens is 3. The Balaban J connectivity index is 1.62. The van der Waals surface area contributed by atoms with Crippen LogP contribution in [-0.2, 0) is 4.74 Å². The Morgan fingerprint density at radius 2 is 1.81 bits per heavy atom. The molecule has 1 fully saturated rings. The number of anilines is 2. The fourth-order valence-electron chi connectivity index (χ4n) is 4.72. The summed E-state index contributed by atoms with van der Waals surface area (Å²) in [4.78, 5) is 14.5. The number of nitrogens with one attached hydrogen (secondary N) is 1. The molecule has 2 aromatic carbocycles. The van der Waals surface area contributed by atoms with Gasteiger partial charge in [-0.2, -0.15) is 0 Å². The van der Waals surface area contributed by atoms with Gasteiger partial charge in [-0.15, -0.1) is 0 Å². The van der Waals surface area contributed by atoms with E-state index >= 15 is 0 Å². The first-order valence-corrected chi connectivity index (χ1v) is 12.7. The van der Waals surface area contributed by atoms with Crippen molar-refractivity contribution < 1.29 is 9.47 Å². The summed E-state index contributed by atoms with van der Waals surface area (Å²) in [6.45, 7) is 1.44. The van der Waals surface area contributed by atoms with Crippen molar-refractivity contribution in [1.82, 2.24) is 14.5 Å². The zero-order valence-electron chi connectivity index (χ0n) is 20.4. The van der Waals surface area contributed by atoms with Gasteiger partial charge in [0.25, 0.3) is 0 Å². The lowest BCUT2D eigenvalue weighted by atomic mass is 10.1. The number of nitrogens with zero attached hydrogens (tertiary/aromatic N) is 4. The van der Waals surface area contributed by atoms with Gasteiger partial charge in [0.1, 0.15) is 5.69 Å². The highest BCUT2D eigenvalue weighted by Gasteiger charge is 2.19. The van der Waals surface area contributed by atoms with Crippen LogP contribution in [0.5, 0.6) is 5.88 Å². The Bertz CT molecular complexity index is 1590. The Kier molecular flexibility index (Phi) is 6.47. The van der Waals surface area contributed by atoms with Crippen LogP contribution in [0.3, 0.4) is 0 Å². The molecule has 0 saturated carbocycles. The molecule has 1 aromatic heterocycles. The number of fused-ring (bicyclic) bond motifs is 2. The molecule has 2 aliphatic heterocycles. The molecule has 0 unspecified atom stereocenters. The second-order valence-electron chi connectivity index (χ2n) is 8.93.